The molecule has 1 aromatic heterocycles. The maximum Gasteiger partial charge on any atom is 0.293 e. The summed E-state index contributed by atoms with van der Waals surface area (Å²) in [5.74, 6) is 4.93. The summed E-state index contributed by atoms with van der Waals surface area (Å²) in [5, 5.41) is 17.5. The number of nitro groups is 1. The molecule has 7 nitrogen and oxygen atoms in total. The fourth-order valence-corrected chi connectivity index (χ4v) is 2.65. The number of benzene rings is 1. The highest BCUT2D eigenvalue weighted by Gasteiger charge is 2.16. The molecule has 0 aliphatic rings. The summed E-state index contributed by atoms with van der Waals surface area (Å²) in [7, 11) is 0. The molecule has 110 valence electrons. The second kappa shape index (κ2) is 6.33. The Kier molecular flexibility index (Phi) is 4.51. The molecule has 1 aromatic carbocycles. The zero-order valence-corrected chi connectivity index (χ0v) is 12.1. The maximum absolute atomic E-state index is 12.1. The molecule has 21 heavy (non-hydrogen) atoms. The van der Waals surface area contributed by atoms with Crippen LogP contribution >= 0.6 is 11.3 Å². The van der Waals surface area contributed by atoms with Gasteiger partial charge in [-0.15, -0.1) is 0 Å². The highest BCUT2D eigenvalue weighted by molar-refractivity contribution is 7.08. The SMILES string of the molecule is Cc1cscc1CNC(=O)c1ccc([N+](=O)[O-])c(NN)c1. The summed E-state index contributed by atoms with van der Waals surface area (Å²) in [6.45, 7) is 2.39. The smallest absolute Gasteiger partial charge is 0.293 e. The van der Waals surface area contributed by atoms with Crippen LogP contribution in [-0.4, -0.2) is 10.8 Å². The Hall–Kier alpha value is -2.45. The van der Waals surface area contributed by atoms with Crippen molar-refractivity contribution in [2.75, 3.05) is 5.43 Å². The van der Waals surface area contributed by atoms with E-state index in [4.69, 9.17) is 5.84 Å². The molecule has 0 atom stereocenters. The Morgan fingerprint density at radius 1 is 1.43 bits per heavy atom. The molecule has 4 N–H and O–H groups in total. The number of rotatable bonds is 5. The average Bonchev–Trinajstić information content (AvgIpc) is 2.89. The number of hydrazine groups is 1. The molecule has 0 fully saturated rings. The first-order valence-electron chi connectivity index (χ1n) is 6.08. The van der Waals surface area contributed by atoms with Crippen LogP contribution in [0.3, 0.4) is 0 Å². The van der Waals surface area contributed by atoms with Crippen LogP contribution in [-0.2, 0) is 6.54 Å². The van der Waals surface area contributed by atoms with E-state index >= 15 is 0 Å². The molecule has 1 heterocycles. The van der Waals surface area contributed by atoms with Crippen molar-refractivity contribution in [2.24, 2.45) is 5.84 Å². The van der Waals surface area contributed by atoms with E-state index in [2.05, 4.69) is 10.7 Å². The van der Waals surface area contributed by atoms with Crippen LogP contribution in [0.15, 0.2) is 29.0 Å². The maximum atomic E-state index is 12.1. The van der Waals surface area contributed by atoms with Crippen LogP contribution < -0.4 is 16.6 Å². The molecule has 8 heteroatoms. The third-order valence-corrected chi connectivity index (χ3v) is 3.92. The topological polar surface area (TPSA) is 110 Å². The normalized spacial score (nSPS) is 10.2. The number of amides is 1. The van der Waals surface area contributed by atoms with E-state index in [1.54, 1.807) is 11.3 Å². The largest absolute Gasteiger partial charge is 0.348 e. The van der Waals surface area contributed by atoms with E-state index < -0.39 is 4.92 Å². The van der Waals surface area contributed by atoms with E-state index in [0.29, 0.717) is 12.1 Å². The monoisotopic (exact) mass is 306 g/mol. The predicted octanol–water partition coefficient (Wildman–Crippen LogP) is 2.18. The fourth-order valence-electron chi connectivity index (χ4n) is 1.80. The van der Waals surface area contributed by atoms with Crippen LogP contribution in [0, 0.1) is 17.0 Å². The van der Waals surface area contributed by atoms with E-state index in [0.717, 1.165) is 11.1 Å². The van der Waals surface area contributed by atoms with Crippen LogP contribution in [0.5, 0.6) is 0 Å². The number of carbonyl (C=O) groups excluding carboxylic acids is 1. The van der Waals surface area contributed by atoms with Gasteiger partial charge in [-0.2, -0.15) is 11.3 Å². The Morgan fingerprint density at radius 2 is 2.19 bits per heavy atom. The number of nitrogens with one attached hydrogen (secondary N) is 2. The number of thiophene rings is 1. The van der Waals surface area contributed by atoms with E-state index in [-0.39, 0.29) is 17.3 Å². The highest BCUT2D eigenvalue weighted by Crippen LogP contribution is 2.24. The minimum atomic E-state index is -0.564. The molecule has 0 aliphatic heterocycles. The molecule has 0 saturated heterocycles. The second-order valence-electron chi connectivity index (χ2n) is 4.40. The number of hydrogen-bond acceptors (Lipinski definition) is 6. The molecule has 0 unspecified atom stereocenters. The third kappa shape index (κ3) is 3.36. The lowest BCUT2D eigenvalue weighted by molar-refractivity contribution is -0.384. The zero-order chi connectivity index (χ0) is 15.4. The molecule has 0 saturated carbocycles. The minimum Gasteiger partial charge on any atom is -0.348 e. The summed E-state index contributed by atoms with van der Waals surface area (Å²) < 4.78 is 0. The van der Waals surface area contributed by atoms with Crippen molar-refractivity contribution in [1.29, 1.82) is 0 Å². The van der Waals surface area contributed by atoms with Crippen molar-refractivity contribution < 1.29 is 9.72 Å². The van der Waals surface area contributed by atoms with Crippen molar-refractivity contribution in [3.05, 3.63) is 55.8 Å². The lowest BCUT2D eigenvalue weighted by Crippen LogP contribution is -2.23. The molecule has 0 bridgehead atoms. The first-order chi connectivity index (χ1) is 10.0. The Balaban J connectivity index is 2.12. The van der Waals surface area contributed by atoms with Crippen molar-refractivity contribution in [3.8, 4) is 0 Å². The number of anilines is 1. The number of nitrogens with zero attached hydrogens (tertiary/aromatic N) is 1. The summed E-state index contributed by atoms with van der Waals surface area (Å²) >= 11 is 1.57. The Bertz CT molecular complexity index is 684. The van der Waals surface area contributed by atoms with Gasteiger partial charge in [0, 0.05) is 18.2 Å². The van der Waals surface area contributed by atoms with Crippen LogP contribution in [0.1, 0.15) is 21.5 Å². The molecule has 0 aliphatic carbocycles. The van der Waals surface area contributed by atoms with Crippen molar-refractivity contribution in [3.63, 3.8) is 0 Å². The molecule has 2 rings (SSSR count). The number of aryl methyl sites for hydroxylation is 1. The first kappa shape index (κ1) is 14.9. The van der Waals surface area contributed by atoms with Gasteiger partial charge in [0.05, 0.1) is 4.92 Å². The molecular weight excluding hydrogens is 292 g/mol. The van der Waals surface area contributed by atoms with E-state index in [1.807, 2.05) is 17.7 Å². The molecule has 2 aromatic rings. The van der Waals surface area contributed by atoms with Crippen molar-refractivity contribution >= 4 is 28.6 Å². The van der Waals surface area contributed by atoms with Crippen molar-refractivity contribution in [2.45, 2.75) is 13.5 Å². The van der Waals surface area contributed by atoms with Gasteiger partial charge in [0.15, 0.2) is 0 Å². The van der Waals surface area contributed by atoms with Gasteiger partial charge in [-0.05, 0) is 40.9 Å². The quantitative estimate of drug-likeness (QED) is 0.445. The van der Waals surface area contributed by atoms with E-state index in [9.17, 15) is 14.9 Å². The third-order valence-electron chi connectivity index (χ3n) is 3.01. The average molecular weight is 306 g/mol. The number of nitrogens with two attached hydrogens (primary N) is 1. The van der Waals surface area contributed by atoms with Gasteiger partial charge in [0.25, 0.3) is 11.6 Å². The molecule has 0 spiro atoms. The Morgan fingerprint density at radius 3 is 2.76 bits per heavy atom. The number of nitro benzene ring substituents is 1. The van der Waals surface area contributed by atoms with Crippen LogP contribution in [0.2, 0.25) is 0 Å². The van der Waals surface area contributed by atoms with Crippen molar-refractivity contribution in [1.82, 2.24) is 5.32 Å². The molecule has 0 radical (unpaired) electrons. The molecular formula is C13H14N4O3S. The summed E-state index contributed by atoms with van der Waals surface area (Å²) in [6.07, 6.45) is 0. The minimum absolute atomic E-state index is 0.0966. The van der Waals surface area contributed by atoms with Crippen LogP contribution in [0.25, 0.3) is 0 Å². The highest BCUT2D eigenvalue weighted by atomic mass is 32.1. The summed E-state index contributed by atoms with van der Waals surface area (Å²) in [5.41, 5.74) is 4.62. The lowest BCUT2D eigenvalue weighted by atomic mass is 10.1. The fraction of sp³-hybridized carbons (Fsp3) is 0.154. The van der Waals surface area contributed by atoms with Gasteiger partial charge >= 0.3 is 0 Å². The Labute approximate surface area is 124 Å². The second-order valence-corrected chi connectivity index (χ2v) is 5.14. The number of carbonyl (C=O) groups is 1. The zero-order valence-electron chi connectivity index (χ0n) is 11.3. The first-order valence-corrected chi connectivity index (χ1v) is 7.02. The van der Waals surface area contributed by atoms with Gasteiger partial charge in [-0.3, -0.25) is 20.8 Å². The standard InChI is InChI=1S/C13H14N4O3S/c1-8-6-21-7-10(8)5-15-13(18)9-2-3-12(17(19)20)11(4-9)16-14/h2-4,6-7,16H,5,14H2,1H3,(H,15,18). The number of hydrogen-bond donors (Lipinski definition) is 3. The predicted molar refractivity (Wildman–Crippen MR) is 81.1 cm³/mol. The van der Waals surface area contributed by atoms with Gasteiger partial charge in [-0.1, -0.05) is 0 Å². The van der Waals surface area contributed by atoms with Gasteiger partial charge in [0.1, 0.15) is 5.69 Å². The molecule has 1 amide bonds. The van der Waals surface area contributed by atoms with E-state index in [1.165, 1.54) is 18.2 Å². The number of nitrogen functional groups attached to an aromatic ring is 1. The lowest BCUT2D eigenvalue weighted by Gasteiger charge is -2.07. The van der Waals surface area contributed by atoms with Gasteiger partial charge < -0.3 is 10.7 Å². The van der Waals surface area contributed by atoms with Crippen LogP contribution in [0.4, 0.5) is 11.4 Å². The summed E-state index contributed by atoms with van der Waals surface area (Å²) in [4.78, 5) is 22.3. The summed E-state index contributed by atoms with van der Waals surface area (Å²) in [6, 6.07) is 4.00. The van der Waals surface area contributed by atoms with Gasteiger partial charge in [0.2, 0.25) is 0 Å². The van der Waals surface area contributed by atoms with Gasteiger partial charge in [-0.25, -0.2) is 0 Å².